The van der Waals surface area contributed by atoms with Crippen molar-refractivity contribution in [2.75, 3.05) is 13.1 Å². The summed E-state index contributed by atoms with van der Waals surface area (Å²) in [6.45, 7) is 6.59. The van der Waals surface area contributed by atoms with Gasteiger partial charge in [0.05, 0.1) is 11.0 Å². The van der Waals surface area contributed by atoms with E-state index in [1.54, 1.807) is 0 Å². The van der Waals surface area contributed by atoms with Gasteiger partial charge in [-0.3, -0.25) is 0 Å². The fraction of sp³-hybridized carbons (Fsp3) is 0.500. The van der Waals surface area contributed by atoms with E-state index in [1.807, 2.05) is 0 Å². The number of halogens is 1. The van der Waals surface area contributed by atoms with Crippen LogP contribution in [0.5, 0.6) is 0 Å². The smallest absolute Gasteiger partial charge is 0.113 e. The number of H-pyrrole nitrogens is 1. The molecule has 0 unspecified atom stereocenters. The number of hydrogen-bond acceptors (Lipinski definition) is 2. The third-order valence-electron chi connectivity index (χ3n) is 4.02. The minimum absolute atomic E-state index is 0.184. The Hall–Kier alpha value is -0.870. The normalized spacial score (nSPS) is 19.3. The van der Waals surface area contributed by atoms with Gasteiger partial charge in [-0.1, -0.05) is 22.9 Å². The lowest BCUT2D eigenvalue weighted by molar-refractivity contribution is 0.321. The molecule has 1 aromatic heterocycles. The van der Waals surface area contributed by atoms with Crippen LogP contribution in [0.25, 0.3) is 11.0 Å². The Kier molecular flexibility index (Phi) is 2.94. The highest BCUT2D eigenvalue weighted by Crippen LogP contribution is 2.33. The van der Waals surface area contributed by atoms with Crippen molar-refractivity contribution in [2.24, 2.45) is 0 Å². The summed E-state index contributed by atoms with van der Waals surface area (Å²) in [7, 11) is 0. The molecule has 1 aliphatic rings. The molecule has 2 heterocycles. The predicted octanol–water partition coefficient (Wildman–Crippen LogP) is 3.27. The number of rotatable bonds is 1. The molecule has 0 saturated carbocycles. The molecule has 4 heteroatoms. The Morgan fingerprint density at radius 2 is 2.00 bits per heavy atom. The largest absolute Gasteiger partial charge is 0.341 e. The van der Waals surface area contributed by atoms with Crippen molar-refractivity contribution in [2.45, 2.75) is 32.1 Å². The molecule has 2 N–H and O–H groups in total. The minimum atomic E-state index is 0.184. The lowest BCUT2D eigenvalue weighted by Gasteiger charge is -2.32. The van der Waals surface area contributed by atoms with Crippen molar-refractivity contribution in [1.29, 1.82) is 0 Å². The third kappa shape index (κ3) is 1.97. The van der Waals surface area contributed by atoms with Gasteiger partial charge in [-0.05, 0) is 50.6 Å². The molecule has 96 valence electrons. The summed E-state index contributed by atoms with van der Waals surface area (Å²) in [5.41, 5.74) is 3.65. The van der Waals surface area contributed by atoms with Gasteiger partial charge in [-0.25, -0.2) is 4.98 Å². The molecule has 0 spiro atoms. The molecule has 3 nitrogen and oxygen atoms in total. The van der Waals surface area contributed by atoms with E-state index in [-0.39, 0.29) is 5.41 Å². The molecule has 0 aliphatic carbocycles. The number of nitrogens with one attached hydrogen (secondary N) is 2. The number of aromatic nitrogens is 2. The van der Waals surface area contributed by atoms with Gasteiger partial charge in [0.1, 0.15) is 5.82 Å². The van der Waals surface area contributed by atoms with E-state index in [0.717, 1.165) is 47.3 Å². The zero-order valence-electron chi connectivity index (χ0n) is 10.8. The average molecular weight is 308 g/mol. The summed E-state index contributed by atoms with van der Waals surface area (Å²) in [6.07, 6.45) is 2.29. The lowest BCUT2D eigenvalue weighted by atomic mass is 9.80. The number of hydrogen-bond donors (Lipinski definition) is 2. The Bertz CT molecular complexity index is 582. The van der Waals surface area contributed by atoms with Gasteiger partial charge in [-0.15, -0.1) is 0 Å². The Morgan fingerprint density at radius 1 is 1.28 bits per heavy atom. The molecule has 1 aliphatic heterocycles. The first-order valence-electron chi connectivity index (χ1n) is 6.46. The summed E-state index contributed by atoms with van der Waals surface area (Å²) in [6, 6.07) is 4.24. The maximum absolute atomic E-state index is 4.84. The fourth-order valence-corrected chi connectivity index (χ4v) is 3.32. The molecular formula is C14H18BrN3. The SMILES string of the molecule is Cc1cc(Br)cc2[nH]c(C3(C)CCNCC3)nc12. The Morgan fingerprint density at radius 3 is 2.72 bits per heavy atom. The third-order valence-corrected chi connectivity index (χ3v) is 4.48. The van der Waals surface area contributed by atoms with E-state index in [9.17, 15) is 0 Å². The summed E-state index contributed by atoms with van der Waals surface area (Å²) < 4.78 is 1.11. The van der Waals surface area contributed by atoms with Crippen LogP contribution in [0.1, 0.15) is 31.2 Å². The Labute approximate surface area is 116 Å². The zero-order valence-corrected chi connectivity index (χ0v) is 12.4. The second kappa shape index (κ2) is 4.35. The molecule has 1 fully saturated rings. The van der Waals surface area contributed by atoms with Crippen molar-refractivity contribution in [3.8, 4) is 0 Å². The van der Waals surface area contributed by atoms with Gasteiger partial charge in [0.2, 0.25) is 0 Å². The number of aryl methyl sites for hydroxylation is 1. The highest BCUT2D eigenvalue weighted by Gasteiger charge is 2.31. The fourth-order valence-electron chi connectivity index (χ4n) is 2.75. The molecular weight excluding hydrogens is 290 g/mol. The quantitative estimate of drug-likeness (QED) is 0.849. The van der Waals surface area contributed by atoms with Crippen molar-refractivity contribution >= 4 is 27.0 Å². The van der Waals surface area contributed by atoms with Crippen molar-refractivity contribution in [3.63, 3.8) is 0 Å². The summed E-state index contributed by atoms with van der Waals surface area (Å²) in [5.74, 6) is 1.14. The van der Waals surface area contributed by atoms with Gasteiger partial charge in [-0.2, -0.15) is 0 Å². The van der Waals surface area contributed by atoms with Crippen LogP contribution in [0.15, 0.2) is 16.6 Å². The van der Waals surface area contributed by atoms with Gasteiger partial charge in [0.15, 0.2) is 0 Å². The van der Waals surface area contributed by atoms with Crippen LogP contribution < -0.4 is 5.32 Å². The number of piperidine rings is 1. The second-order valence-corrected chi connectivity index (χ2v) is 6.43. The van der Waals surface area contributed by atoms with Crippen molar-refractivity contribution in [1.82, 2.24) is 15.3 Å². The van der Waals surface area contributed by atoms with E-state index in [2.05, 4.69) is 52.2 Å². The minimum Gasteiger partial charge on any atom is -0.341 e. The monoisotopic (exact) mass is 307 g/mol. The topological polar surface area (TPSA) is 40.7 Å². The number of benzene rings is 1. The highest BCUT2D eigenvalue weighted by molar-refractivity contribution is 9.10. The highest BCUT2D eigenvalue weighted by atomic mass is 79.9. The van der Waals surface area contributed by atoms with Crippen molar-refractivity contribution in [3.05, 3.63) is 28.0 Å². The standard InChI is InChI=1S/C14H18BrN3/c1-9-7-10(15)8-11-12(9)18-13(17-11)14(2)3-5-16-6-4-14/h7-8,16H,3-6H2,1-2H3,(H,17,18). The molecule has 1 saturated heterocycles. The molecule has 2 aromatic rings. The van der Waals surface area contributed by atoms with E-state index < -0.39 is 0 Å². The van der Waals surface area contributed by atoms with Crippen LogP contribution >= 0.6 is 15.9 Å². The zero-order chi connectivity index (χ0) is 12.8. The van der Waals surface area contributed by atoms with Gasteiger partial charge >= 0.3 is 0 Å². The first-order chi connectivity index (χ1) is 8.58. The molecule has 0 bridgehead atoms. The molecule has 0 atom stereocenters. The van der Waals surface area contributed by atoms with E-state index in [1.165, 1.54) is 5.56 Å². The second-order valence-electron chi connectivity index (χ2n) is 5.51. The summed E-state index contributed by atoms with van der Waals surface area (Å²) >= 11 is 3.54. The van der Waals surface area contributed by atoms with Crippen LogP contribution in [0.3, 0.4) is 0 Å². The van der Waals surface area contributed by atoms with Gasteiger partial charge < -0.3 is 10.3 Å². The predicted molar refractivity (Wildman–Crippen MR) is 78.0 cm³/mol. The first-order valence-corrected chi connectivity index (χ1v) is 7.25. The molecule has 0 amide bonds. The number of imidazole rings is 1. The molecule has 1 aromatic carbocycles. The van der Waals surface area contributed by atoms with Crippen LogP contribution in [0.4, 0.5) is 0 Å². The Balaban J connectivity index is 2.10. The van der Waals surface area contributed by atoms with E-state index in [4.69, 9.17) is 4.98 Å². The number of aromatic amines is 1. The first kappa shape index (κ1) is 12.2. The van der Waals surface area contributed by atoms with Crippen molar-refractivity contribution < 1.29 is 0 Å². The van der Waals surface area contributed by atoms with Gasteiger partial charge in [0.25, 0.3) is 0 Å². The molecule has 18 heavy (non-hydrogen) atoms. The van der Waals surface area contributed by atoms with E-state index in [0.29, 0.717) is 0 Å². The van der Waals surface area contributed by atoms with Crippen LogP contribution in [0.2, 0.25) is 0 Å². The average Bonchev–Trinajstić information content (AvgIpc) is 2.74. The number of nitrogens with zero attached hydrogens (tertiary/aromatic N) is 1. The van der Waals surface area contributed by atoms with Crippen LogP contribution in [0, 0.1) is 6.92 Å². The van der Waals surface area contributed by atoms with Crippen LogP contribution in [-0.4, -0.2) is 23.1 Å². The van der Waals surface area contributed by atoms with Gasteiger partial charge in [0, 0.05) is 9.89 Å². The summed E-state index contributed by atoms with van der Waals surface area (Å²) in [4.78, 5) is 8.36. The van der Waals surface area contributed by atoms with Crippen LogP contribution in [-0.2, 0) is 5.41 Å². The maximum atomic E-state index is 4.84. The maximum Gasteiger partial charge on any atom is 0.113 e. The lowest BCUT2D eigenvalue weighted by Crippen LogP contribution is -2.38. The van der Waals surface area contributed by atoms with E-state index >= 15 is 0 Å². The molecule has 3 rings (SSSR count). The number of fused-ring (bicyclic) bond motifs is 1. The summed E-state index contributed by atoms with van der Waals surface area (Å²) in [5, 5.41) is 3.41. The molecule has 0 radical (unpaired) electrons.